The van der Waals surface area contributed by atoms with Crippen LogP contribution in [-0.2, 0) is 9.47 Å². The third-order valence-electron chi connectivity index (χ3n) is 5.66. The average molecular weight is 458 g/mol. The van der Waals surface area contributed by atoms with Gasteiger partial charge in [0.25, 0.3) is 0 Å². The summed E-state index contributed by atoms with van der Waals surface area (Å²) >= 11 is 7.89. The van der Waals surface area contributed by atoms with Crippen molar-refractivity contribution < 1.29 is 13.9 Å². The number of nitrogens with zero attached hydrogens (tertiary/aromatic N) is 3. The molecule has 1 aromatic heterocycles. The Hall–Kier alpha value is -2.09. The van der Waals surface area contributed by atoms with Gasteiger partial charge in [0.2, 0.25) is 11.8 Å². The number of rotatable bonds is 5. The molecule has 1 saturated heterocycles. The Morgan fingerprint density at radius 3 is 2.71 bits per heavy atom. The van der Waals surface area contributed by atoms with Gasteiger partial charge >= 0.3 is 0 Å². The molecule has 3 aliphatic rings. The first kappa shape index (κ1) is 20.8. The lowest BCUT2D eigenvalue weighted by Crippen LogP contribution is -2.25. The molecule has 2 aromatic rings. The molecule has 5 rings (SSSR count). The van der Waals surface area contributed by atoms with Crippen LogP contribution in [0.15, 0.2) is 55.8 Å². The van der Waals surface area contributed by atoms with Crippen LogP contribution in [0.5, 0.6) is 0 Å². The molecule has 31 heavy (non-hydrogen) atoms. The summed E-state index contributed by atoms with van der Waals surface area (Å²) in [5.41, 5.74) is 1.86. The van der Waals surface area contributed by atoms with E-state index in [1.54, 1.807) is 18.7 Å². The fraction of sp³-hybridized carbons (Fsp3) is 0.435. The van der Waals surface area contributed by atoms with Crippen LogP contribution < -0.4 is 0 Å². The lowest BCUT2D eigenvalue weighted by molar-refractivity contribution is 0.0765. The molecule has 162 valence electrons. The van der Waals surface area contributed by atoms with Crippen molar-refractivity contribution in [2.24, 2.45) is 10.9 Å². The van der Waals surface area contributed by atoms with E-state index >= 15 is 0 Å². The van der Waals surface area contributed by atoms with Crippen molar-refractivity contribution in [3.63, 3.8) is 0 Å². The summed E-state index contributed by atoms with van der Waals surface area (Å²) in [6.07, 6.45) is 7.78. The largest absolute Gasteiger partial charge is 0.464 e. The maximum atomic E-state index is 6.46. The van der Waals surface area contributed by atoms with E-state index in [9.17, 15) is 0 Å². The normalized spacial score (nSPS) is 24.4. The molecule has 1 fully saturated rings. The molecule has 2 atom stereocenters. The van der Waals surface area contributed by atoms with Gasteiger partial charge in [-0.3, -0.25) is 0 Å². The zero-order chi connectivity index (χ0) is 21.2. The molecule has 0 amide bonds. The molecular formula is C23H24ClN3O3S. The Bertz CT molecular complexity index is 1040. The minimum absolute atomic E-state index is 0.103. The van der Waals surface area contributed by atoms with Gasteiger partial charge in [-0.15, -0.1) is 10.2 Å². The SMILES string of the molecule is Cc1nnc(-c2cccc(C3N=C(C4CCOCC4)OC3SC3=CC=C(Cl)CC3)c2)o1. The van der Waals surface area contributed by atoms with Gasteiger partial charge in [0.1, 0.15) is 6.04 Å². The molecule has 0 bridgehead atoms. The molecule has 1 aliphatic carbocycles. The summed E-state index contributed by atoms with van der Waals surface area (Å²) in [7, 11) is 0. The number of aromatic nitrogens is 2. The van der Waals surface area contributed by atoms with Gasteiger partial charge in [0.05, 0.1) is 0 Å². The highest BCUT2D eigenvalue weighted by Crippen LogP contribution is 2.44. The summed E-state index contributed by atoms with van der Waals surface area (Å²) in [5, 5.41) is 9.01. The van der Waals surface area contributed by atoms with E-state index in [0.29, 0.717) is 17.7 Å². The summed E-state index contributed by atoms with van der Waals surface area (Å²) < 4.78 is 17.6. The van der Waals surface area contributed by atoms with E-state index in [1.807, 2.05) is 18.2 Å². The van der Waals surface area contributed by atoms with E-state index in [4.69, 9.17) is 30.5 Å². The van der Waals surface area contributed by atoms with Crippen molar-refractivity contribution in [3.8, 4) is 11.5 Å². The zero-order valence-electron chi connectivity index (χ0n) is 17.3. The predicted molar refractivity (Wildman–Crippen MR) is 122 cm³/mol. The highest BCUT2D eigenvalue weighted by molar-refractivity contribution is 8.03. The van der Waals surface area contributed by atoms with Crippen LogP contribution in [0.4, 0.5) is 0 Å². The molecule has 6 nitrogen and oxygen atoms in total. The highest BCUT2D eigenvalue weighted by Gasteiger charge is 2.37. The van der Waals surface area contributed by atoms with Crippen molar-refractivity contribution in [2.75, 3.05) is 13.2 Å². The molecule has 0 N–H and O–H groups in total. The van der Waals surface area contributed by atoms with Crippen LogP contribution >= 0.6 is 23.4 Å². The van der Waals surface area contributed by atoms with Crippen molar-refractivity contribution in [1.82, 2.24) is 10.2 Å². The van der Waals surface area contributed by atoms with Crippen LogP contribution in [0, 0.1) is 12.8 Å². The number of hydrogen-bond donors (Lipinski definition) is 0. The number of halogens is 1. The number of thioether (sulfide) groups is 1. The molecule has 1 aromatic carbocycles. The van der Waals surface area contributed by atoms with Gasteiger partial charge in [-0.25, -0.2) is 4.99 Å². The zero-order valence-corrected chi connectivity index (χ0v) is 18.9. The molecule has 3 heterocycles. The molecule has 2 aliphatic heterocycles. The maximum Gasteiger partial charge on any atom is 0.247 e. The summed E-state index contributed by atoms with van der Waals surface area (Å²) in [6, 6.07) is 8.06. The number of aryl methyl sites for hydroxylation is 1. The summed E-state index contributed by atoms with van der Waals surface area (Å²) in [6.45, 7) is 3.31. The number of benzene rings is 1. The third-order valence-corrected chi connectivity index (χ3v) is 7.20. The molecule has 0 saturated carbocycles. The van der Waals surface area contributed by atoms with Crippen LogP contribution in [0.2, 0.25) is 0 Å². The summed E-state index contributed by atoms with van der Waals surface area (Å²) in [4.78, 5) is 6.34. The van der Waals surface area contributed by atoms with Crippen molar-refractivity contribution in [3.05, 3.63) is 57.8 Å². The van der Waals surface area contributed by atoms with Crippen molar-refractivity contribution >= 4 is 29.3 Å². The second-order valence-electron chi connectivity index (χ2n) is 7.90. The quantitative estimate of drug-likeness (QED) is 0.565. The number of hydrogen-bond acceptors (Lipinski definition) is 7. The lowest BCUT2D eigenvalue weighted by atomic mass is 10.0. The van der Waals surface area contributed by atoms with Gasteiger partial charge in [0.15, 0.2) is 11.3 Å². The van der Waals surface area contributed by atoms with E-state index in [1.165, 1.54) is 4.91 Å². The third kappa shape index (κ3) is 4.73. The van der Waals surface area contributed by atoms with Crippen molar-refractivity contribution in [2.45, 2.75) is 44.1 Å². The Kier molecular flexibility index (Phi) is 6.16. The van der Waals surface area contributed by atoms with Crippen LogP contribution in [0.3, 0.4) is 0 Å². The molecule has 8 heteroatoms. The van der Waals surface area contributed by atoms with Crippen LogP contribution in [-0.4, -0.2) is 34.7 Å². The summed E-state index contributed by atoms with van der Waals surface area (Å²) in [5.74, 6) is 2.24. The van der Waals surface area contributed by atoms with Crippen molar-refractivity contribution in [1.29, 1.82) is 0 Å². The molecule has 2 unspecified atom stereocenters. The predicted octanol–water partition coefficient (Wildman–Crippen LogP) is 5.80. The standard InChI is InChI=1S/C23H24ClN3O3S/c1-14-26-27-22(29-14)17-4-2-3-16(13-17)20-23(31-19-7-5-18(24)6-8-19)30-21(25-20)15-9-11-28-12-10-15/h2-5,7,13,15,20,23H,6,8-12H2,1H3. The van der Waals surface area contributed by atoms with Gasteiger partial charge in [-0.1, -0.05) is 41.6 Å². The minimum Gasteiger partial charge on any atom is -0.464 e. The lowest BCUT2D eigenvalue weighted by Gasteiger charge is -2.23. The van der Waals surface area contributed by atoms with Gasteiger partial charge in [0, 0.05) is 36.7 Å². The van der Waals surface area contributed by atoms with Gasteiger partial charge < -0.3 is 13.9 Å². The fourth-order valence-corrected chi connectivity index (χ4v) is 5.30. The Morgan fingerprint density at radius 1 is 1.10 bits per heavy atom. The van der Waals surface area contributed by atoms with Gasteiger partial charge in [-0.05, 0) is 54.4 Å². The van der Waals surface area contributed by atoms with E-state index in [-0.39, 0.29) is 11.5 Å². The first-order chi connectivity index (χ1) is 15.2. The minimum atomic E-state index is -0.117. The first-order valence-electron chi connectivity index (χ1n) is 10.6. The number of allylic oxidation sites excluding steroid dienone is 4. The Labute approximate surface area is 190 Å². The first-order valence-corrected chi connectivity index (χ1v) is 11.9. The van der Waals surface area contributed by atoms with Crippen LogP contribution in [0.25, 0.3) is 11.5 Å². The fourth-order valence-electron chi connectivity index (χ4n) is 3.99. The maximum absolute atomic E-state index is 6.46. The number of aliphatic imine (C=N–C) groups is 1. The molecule has 0 spiro atoms. The monoisotopic (exact) mass is 457 g/mol. The molecule has 0 radical (unpaired) electrons. The van der Waals surface area contributed by atoms with Crippen LogP contribution in [0.1, 0.15) is 43.2 Å². The topological polar surface area (TPSA) is 69.7 Å². The Morgan fingerprint density at radius 2 is 1.97 bits per heavy atom. The Balaban J connectivity index is 1.44. The van der Waals surface area contributed by atoms with Gasteiger partial charge in [-0.2, -0.15) is 0 Å². The molecular weight excluding hydrogens is 434 g/mol. The van der Waals surface area contributed by atoms with E-state index in [2.05, 4.69) is 28.4 Å². The second-order valence-corrected chi connectivity index (χ2v) is 9.61. The van der Waals surface area contributed by atoms with E-state index < -0.39 is 0 Å². The second kappa shape index (κ2) is 9.18. The van der Waals surface area contributed by atoms with E-state index in [0.717, 1.165) is 61.0 Å². The number of ether oxygens (including phenoxy) is 2. The average Bonchev–Trinajstić information content (AvgIpc) is 3.43. The smallest absolute Gasteiger partial charge is 0.247 e. The highest BCUT2D eigenvalue weighted by atomic mass is 35.5.